The molecule has 0 unspecified atom stereocenters. The summed E-state index contributed by atoms with van der Waals surface area (Å²) >= 11 is 3.68. The van der Waals surface area contributed by atoms with Gasteiger partial charge in [-0.2, -0.15) is 0 Å². The van der Waals surface area contributed by atoms with Gasteiger partial charge in [-0.15, -0.1) is 0 Å². The van der Waals surface area contributed by atoms with Crippen LogP contribution in [0.2, 0.25) is 0 Å². The Morgan fingerprint density at radius 1 is 1.25 bits per heavy atom. The van der Waals surface area contributed by atoms with Crippen LogP contribution in [0.4, 0.5) is 0 Å². The molecule has 0 saturated heterocycles. The van der Waals surface area contributed by atoms with Gasteiger partial charge in [-0.05, 0) is 57.5 Å². The Balaban J connectivity index is 1.74. The van der Waals surface area contributed by atoms with E-state index in [0.717, 1.165) is 28.8 Å². The standard InChI is InChI=1S/C17H15BrO2/c1-10-6-14-13(12(10)7-11-4-2-3-5-11)8-15-17(16(14)18)20-9-19-15/h2-6,11H,7-9H2,1H3. The van der Waals surface area contributed by atoms with E-state index in [4.69, 9.17) is 9.47 Å². The van der Waals surface area contributed by atoms with E-state index in [9.17, 15) is 0 Å². The van der Waals surface area contributed by atoms with E-state index >= 15 is 0 Å². The molecule has 0 atom stereocenters. The number of ether oxygens (including phenoxy) is 2. The van der Waals surface area contributed by atoms with E-state index in [1.54, 1.807) is 0 Å². The minimum Gasteiger partial charge on any atom is -0.458 e. The van der Waals surface area contributed by atoms with Gasteiger partial charge in [-0.1, -0.05) is 30.4 Å². The first-order valence-corrected chi connectivity index (χ1v) is 7.68. The quantitative estimate of drug-likeness (QED) is 0.734. The van der Waals surface area contributed by atoms with Crippen molar-refractivity contribution in [2.45, 2.75) is 19.8 Å². The van der Waals surface area contributed by atoms with Gasteiger partial charge >= 0.3 is 0 Å². The summed E-state index contributed by atoms with van der Waals surface area (Å²) in [6.07, 6.45) is 13.0. The number of hydrogen-bond donors (Lipinski definition) is 0. The van der Waals surface area contributed by atoms with E-state index in [1.807, 2.05) is 0 Å². The Bertz CT molecular complexity index is 659. The van der Waals surface area contributed by atoms with Crippen LogP contribution in [0.5, 0.6) is 0 Å². The maximum atomic E-state index is 5.60. The second-order valence-corrected chi connectivity index (χ2v) is 6.28. The van der Waals surface area contributed by atoms with Crippen LogP contribution in [0.15, 0.2) is 68.7 Å². The molecule has 0 aromatic rings. The maximum absolute atomic E-state index is 5.60. The van der Waals surface area contributed by atoms with Crippen LogP contribution in [-0.2, 0) is 9.47 Å². The monoisotopic (exact) mass is 330 g/mol. The van der Waals surface area contributed by atoms with Gasteiger partial charge in [0, 0.05) is 6.42 Å². The van der Waals surface area contributed by atoms with Gasteiger partial charge in [-0.25, -0.2) is 0 Å². The van der Waals surface area contributed by atoms with Crippen molar-refractivity contribution in [2.24, 2.45) is 5.92 Å². The SMILES string of the molecule is CC1=CC2=C(Br)C3=C(CC2=C1CC1C=CC=C1)OCO3. The molecule has 0 aromatic carbocycles. The molecule has 3 aliphatic carbocycles. The first-order chi connectivity index (χ1) is 9.74. The highest BCUT2D eigenvalue weighted by molar-refractivity contribution is 9.12. The summed E-state index contributed by atoms with van der Waals surface area (Å²) in [4.78, 5) is 0. The molecule has 1 aliphatic heterocycles. The molecule has 1 heterocycles. The number of halogens is 1. The second-order valence-electron chi connectivity index (χ2n) is 5.49. The third-order valence-electron chi connectivity index (χ3n) is 4.26. The molecule has 0 saturated carbocycles. The van der Waals surface area contributed by atoms with Crippen molar-refractivity contribution in [3.8, 4) is 0 Å². The van der Waals surface area contributed by atoms with Crippen LogP contribution in [0.1, 0.15) is 19.8 Å². The minimum atomic E-state index is 0.340. The van der Waals surface area contributed by atoms with Gasteiger partial charge in [0.25, 0.3) is 0 Å². The van der Waals surface area contributed by atoms with Crippen LogP contribution in [0.3, 0.4) is 0 Å². The molecule has 20 heavy (non-hydrogen) atoms. The second kappa shape index (κ2) is 4.52. The highest BCUT2D eigenvalue weighted by Crippen LogP contribution is 2.48. The predicted molar refractivity (Wildman–Crippen MR) is 81.8 cm³/mol. The van der Waals surface area contributed by atoms with Crippen molar-refractivity contribution in [1.29, 1.82) is 0 Å². The highest BCUT2D eigenvalue weighted by atomic mass is 79.9. The largest absolute Gasteiger partial charge is 0.458 e. The van der Waals surface area contributed by atoms with E-state index in [0.29, 0.717) is 12.7 Å². The van der Waals surface area contributed by atoms with Gasteiger partial charge in [0.1, 0.15) is 5.76 Å². The third-order valence-corrected chi connectivity index (χ3v) is 5.04. The van der Waals surface area contributed by atoms with Crippen molar-refractivity contribution < 1.29 is 9.47 Å². The fourth-order valence-corrected chi connectivity index (χ4v) is 3.92. The molecular formula is C17H15BrO2. The van der Waals surface area contributed by atoms with Gasteiger partial charge < -0.3 is 9.47 Å². The van der Waals surface area contributed by atoms with Crippen molar-refractivity contribution in [3.63, 3.8) is 0 Å². The highest BCUT2D eigenvalue weighted by Gasteiger charge is 2.33. The van der Waals surface area contributed by atoms with Gasteiger partial charge in [0.15, 0.2) is 5.76 Å². The molecule has 2 nitrogen and oxygen atoms in total. The molecule has 0 N–H and O–H groups in total. The van der Waals surface area contributed by atoms with Crippen molar-refractivity contribution in [3.05, 3.63) is 68.7 Å². The lowest BCUT2D eigenvalue weighted by atomic mass is 9.90. The Labute approximate surface area is 127 Å². The van der Waals surface area contributed by atoms with Crippen LogP contribution >= 0.6 is 15.9 Å². The molecule has 0 aromatic heterocycles. The summed E-state index contributed by atoms with van der Waals surface area (Å²) in [6, 6.07) is 0. The van der Waals surface area contributed by atoms with Gasteiger partial charge in [0.05, 0.1) is 4.48 Å². The molecule has 3 heteroatoms. The fraction of sp³-hybridized carbons (Fsp3) is 0.294. The first-order valence-electron chi connectivity index (χ1n) is 6.89. The summed E-state index contributed by atoms with van der Waals surface area (Å²) < 4.78 is 12.2. The zero-order valence-corrected chi connectivity index (χ0v) is 12.9. The fourth-order valence-electron chi connectivity index (χ4n) is 3.23. The van der Waals surface area contributed by atoms with Crippen LogP contribution < -0.4 is 0 Å². The van der Waals surface area contributed by atoms with Crippen molar-refractivity contribution in [2.75, 3.05) is 6.79 Å². The predicted octanol–water partition coefficient (Wildman–Crippen LogP) is 4.64. The summed E-state index contributed by atoms with van der Waals surface area (Å²) in [7, 11) is 0. The summed E-state index contributed by atoms with van der Waals surface area (Å²) in [5, 5.41) is 0. The molecule has 0 radical (unpaired) electrons. The number of fused-ring (bicyclic) bond motifs is 1. The minimum absolute atomic E-state index is 0.340. The Morgan fingerprint density at radius 3 is 2.85 bits per heavy atom. The first kappa shape index (κ1) is 12.3. The topological polar surface area (TPSA) is 18.5 Å². The smallest absolute Gasteiger partial charge is 0.230 e. The number of rotatable bonds is 2. The van der Waals surface area contributed by atoms with E-state index < -0.39 is 0 Å². The summed E-state index contributed by atoms with van der Waals surface area (Å²) in [5.74, 6) is 2.37. The van der Waals surface area contributed by atoms with Crippen molar-refractivity contribution in [1.82, 2.24) is 0 Å². The zero-order valence-electron chi connectivity index (χ0n) is 11.3. The van der Waals surface area contributed by atoms with E-state index in [-0.39, 0.29) is 0 Å². The molecule has 4 aliphatic rings. The lowest BCUT2D eigenvalue weighted by molar-refractivity contribution is 0.0734. The molecule has 0 spiro atoms. The molecular weight excluding hydrogens is 316 g/mol. The molecule has 4 rings (SSSR count). The molecule has 102 valence electrons. The van der Waals surface area contributed by atoms with Crippen LogP contribution in [0.25, 0.3) is 0 Å². The molecule has 0 amide bonds. The lowest BCUT2D eigenvalue weighted by Gasteiger charge is -2.18. The average molecular weight is 331 g/mol. The van der Waals surface area contributed by atoms with Crippen molar-refractivity contribution >= 4 is 15.9 Å². The number of allylic oxidation sites excluding steroid dienone is 10. The zero-order chi connectivity index (χ0) is 13.7. The average Bonchev–Trinajstić information content (AvgIpc) is 3.13. The number of hydrogen-bond acceptors (Lipinski definition) is 2. The Hall–Kier alpha value is -1.48. The third kappa shape index (κ3) is 1.76. The van der Waals surface area contributed by atoms with E-state index in [1.165, 1.54) is 22.3 Å². The normalized spacial score (nSPS) is 24.2. The summed E-state index contributed by atoms with van der Waals surface area (Å²) in [5.41, 5.74) is 5.49. The lowest BCUT2D eigenvalue weighted by Crippen LogP contribution is -2.03. The Morgan fingerprint density at radius 2 is 2.05 bits per heavy atom. The van der Waals surface area contributed by atoms with Gasteiger partial charge in [-0.3, -0.25) is 0 Å². The maximum Gasteiger partial charge on any atom is 0.230 e. The molecule has 0 bridgehead atoms. The van der Waals surface area contributed by atoms with Crippen LogP contribution in [-0.4, -0.2) is 6.79 Å². The Kier molecular flexibility index (Phi) is 2.77. The van der Waals surface area contributed by atoms with E-state index in [2.05, 4.69) is 53.2 Å². The van der Waals surface area contributed by atoms with Gasteiger partial charge in [0.2, 0.25) is 6.79 Å². The molecule has 0 fully saturated rings. The summed E-state index contributed by atoms with van der Waals surface area (Å²) in [6.45, 7) is 2.54. The van der Waals surface area contributed by atoms with Crippen LogP contribution in [0, 0.1) is 5.92 Å².